The van der Waals surface area contributed by atoms with Gasteiger partial charge in [0, 0.05) is 5.82 Å². The van der Waals surface area contributed by atoms with Crippen molar-refractivity contribution in [2.75, 3.05) is 6.61 Å². The highest BCUT2D eigenvalue weighted by molar-refractivity contribution is 6.48. The third-order valence-electron chi connectivity index (χ3n) is 4.67. The number of hydrogen-bond acceptors (Lipinski definition) is 4. The Kier molecular flexibility index (Phi) is 5.40. The second kappa shape index (κ2) is 6.99. The van der Waals surface area contributed by atoms with Crippen LogP contribution >= 0.6 is 0 Å². The van der Waals surface area contributed by atoms with Crippen LogP contribution in [0.1, 0.15) is 45.5 Å². The molecular formula is C18H25BO5. The maximum absolute atomic E-state index is 11.3. The summed E-state index contributed by atoms with van der Waals surface area (Å²) in [6.07, 6.45) is 1.61. The van der Waals surface area contributed by atoms with Crippen LogP contribution in [0.2, 0.25) is 0 Å². The van der Waals surface area contributed by atoms with E-state index in [1.165, 1.54) is 0 Å². The Labute approximate surface area is 143 Å². The predicted molar refractivity (Wildman–Crippen MR) is 93.2 cm³/mol. The van der Waals surface area contributed by atoms with Gasteiger partial charge in [0.15, 0.2) is 0 Å². The van der Waals surface area contributed by atoms with E-state index in [4.69, 9.17) is 14.0 Å². The zero-order chi connectivity index (χ0) is 18.0. The zero-order valence-corrected chi connectivity index (χ0v) is 14.7. The Hall–Kier alpha value is -1.79. The summed E-state index contributed by atoms with van der Waals surface area (Å²) in [5, 5.41) is 9.29. The highest BCUT2D eigenvalue weighted by Gasteiger charge is 2.54. The fourth-order valence-electron chi connectivity index (χ4n) is 2.58. The van der Waals surface area contributed by atoms with E-state index in [0.29, 0.717) is 12.4 Å². The fraction of sp³-hybridized carbons (Fsp3) is 0.500. The molecule has 0 saturated carbocycles. The van der Waals surface area contributed by atoms with Crippen LogP contribution in [-0.2, 0) is 14.1 Å². The van der Waals surface area contributed by atoms with Crippen molar-refractivity contribution < 1.29 is 23.9 Å². The first kappa shape index (κ1) is 18.6. The van der Waals surface area contributed by atoms with Crippen LogP contribution in [-0.4, -0.2) is 36.0 Å². The number of aliphatic carboxylic acids is 1. The van der Waals surface area contributed by atoms with Crippen LogP contribution in [0.5, 0.6) is 5.75 Å². The van der Waals surface area contributed by atoms with Gasteiger partial charge in [-0.1, -0.05) is 24.8 Å². The third kappa shape index (κ3) is 4.00. The third-order valence-corrected chi connectivity index (χ3v) is 4.67. The Balaban J connectivity index is 2.23. The van der Waals surface area contributed by atoms with E-state index in [2.05, 4.69) is 6.58 Å². The van der Waals surface area contributed by atoms with Gasteiger partial charge in [-0.2, -0.15) is 0 Å². The summed E-state index contributed by atoms with van der Waals surface area (Å²) in [5.74, 6) is -0.569. The van der Waals surface area contributed by atoms with Gasteiger partial charge in [-0.15, -0.1) is 0 Å². The van der Waals surface area contributed by atoms with Gasteiger partial charge in [-0.05, 0) is 45.4 Å². The lowest BCUT2D eigenvalue weighted by atomic mass is 9.66. The Morgan fingerprint density at radius 1 is 1.25 bits per heavy atom. The molecule has 1 aliphatic rings. The maximum atomic E-state index is 11.3. The molecule has 1 aliphatic heterocycles. The van der Waals surface area contributed by atoms with Gasteiger partial charge in [0.05, 0.1) is 17.6 Å². The van der Waals surface area contributed by atoms with Crippen LogP contribution in [0, 0.1) is 0 Å². The standard InChI is InChI=1S/C18H25BO5/c1-6-11-22-14-9-7-13(8-10-14)15(12-16(20)21)19-23-17(2,3)18(4,5)24-19/h6-10,15H,1,11-12H2,2-5H3,(H,20,21). The number of ether oxygens (including phenoxy) is 1. The summed E-state index contributed by atoms with van der Waals surface area (Å²) in [6, 6.07) is 7.35. The van der Waals surface area contributed by atoms with E-state index in [1.807, 2.05) is 52.0 Å². The smallest absolute Gasteiger partial charge is 0.466 e. The second-order valence-electron chi connectivity index (χ2n) is 7.00. The molecule has 1 heterocycles. The van der Waals surface area contributed by atoms with E-state index in [0.717, 1.165) is 5.56 Å². The van der Waals surface area contributed by atoms with Crippen molar-refractivity contribution in [3.63, 3.8) is 0 Å². The molecule has 0 aromatic heterocycles. The Morgan fingerprint density at radius 2 is 1.79 bits per heavy atom. The van der Waals surface area contributed by atoms with E-state index >= 15 is 0 Å². The molecule has 5 nitrogen and oxygen atoms in total. The van der Waals surface area contributed by atoms with Gasteiger partial charge in [-0.25, -0.2) is 0 Å². The van der Waals surface area contributed by atoms with Gasteiger partial charge in [0.2, 0.25) is 0 Å². The molecule has 1 atom stereocenters. The monoisotopic (exact) mass is 332 g/mol. The van der Waals surface area contributed by atoms with Gasteiger partial charge in [-0.3, -0.25) is 4.79 Å². The summed E-state index contributed by atoms with van der Waals surface area (Å²) in [6.45, 7) is 11.9. The number of carboxylic acids is 1. The molecule has 1 saturated heterocycles. The fourth-order valence-corrected chi connectivity index (χ4v) is 2.58. The lowest BCUT2D eigenvalue weighted by molar-refractivity contribution is -0.137. The number of carbonyl (C=O) groups is 1. The van der Waals surface area contributed by atoms with Crippen molar-refractivity contribution in [2.24, 2.45) is 0 Å². The predicted octanol–water partition coefficient (Wildman–Crippen LogP) is 3.44. The van der Waals surface area contributed by atoms with E-state index < -0.39 is 30.1 Å². The molecule has 0 spiro atoms. The van der Waals surface area contributed by atoms with Gasteiger partial charge in [0.25, 0.3) is 0 Å². The Morgan fingerprint density at radius 3 is 2.25 bits per heavy atom. The van der Waals surface area contributed by atoms with E-state index in [9.17, 15) is 9.90 Å². The lowest BCUT2D eigenvalue weighted by Crippen LogP contribution is -2.41. The van der Waals surface area contributed by atoms with Crippen LogP contribution < -0.4 is 4.74 Å². The molecule has 1 N–H and O–H groups in total. The molecule has 2 rings (SSSR count). The van der Waals surface area contributed by atoms with Crippen molar-refractivity contribution >= 4 is 13.1 Å². The number of benzene rings is 1. The number of hydrogen-bond donors (Lipinski definition) is 1. The normalized spacial score (nSPS) is 19.8. The van der Waals surface area contributed by atoms with Crippen molar-refractivity contribution in [3.8, 4) is 5.75 Å². The molecule has 1 aromatic carbocycles. The van der Waals surface area contributed by atoms with Crippen molar-refractivity contribution in [1.29, 1.82) is 0 Å². The van der Waals surface area contributed by atoms with E-state index in [1.54, 1.807) is 6.08 Å². The van der Waals surface area contributed by atoms with Crippen molar-refractivity contribution in [1.82, 2.24) is 0 Å². The van der Waals surface area contributed by atoms with Crippen LogP contribution in [0.25, 0.3) is 0 Å². The average molecular weight is 332 g/mol. The quantitative estimate of drug-likeness (QED) is 0.612. The summed E-state index contributed by atoms with van der Waals surface area (Å²) in [7, 11) is -0.606. The minimum atomic E-state index is -0.887. The van der Waals surface area contributed by atoms with Crippen molar-refractivity contribution in [2.45, 2.75) is 51.1 Å². The SMILES string of the molecule is C=CCOc1ccc(C(CC(=O)O)B2OC(C)(C)C(C)(C)O2)cc1. The summed E-state index contributed by atoms with van der Waals surface area (Å²) in [4.78, 5) is 11.3. The first-order chi connectivity index (χ1) is 11.2. The van der Waals surface area contributed by atoms with Crippen LogP contribution in [0.4, 0.5) is 0 Å². The van der Waals surface area contributed by atoms with Crippen LogP contribution in [0.15, 0.2) is 36.9 Å². The molecule has 6 heteroatoms. The Bertz CT molecular complexity index is 578. The summed E-state index contributed by atoms with van der Waals surface area (Å²) in [5.41, 5.74) is -0.148. The first-order valence-corrected chi connectivity index (χ1v) is 8.07. The molecule has 1 fully saturated rings. The molecule has 0 amide bonds. The van der Waals surface area contributed by atoms with Gasteiger partial charge < -0.3 is 19.2 Å². The highest BCUT2D eigenvalue weighted by atomic mass is 16.7. The first-order valence-electron chi connectivity index (χ1n) is 8.07. The van der Waals surface area contributed by atoms with Crippen LogP contribution in [0.3, 0.4) is 0 Å². The minimum Gasteiger partial charge on any atom is -0.490 e. The summed E-state index contributed by atoms with van der Waals surface area (Å²) >= 11 is 0. The molecule has 130 valence electrons. The molecule has 24 heavy (non-hydrogen) atoms. The molecular weight excluding hydrogens is 307 g/mol. The molecule has 0 bridgehead atoms. The average Bonchev–Trinajstić information content (AvgIpc) is 2.71. The molecule has 1 aromatic rings. The van der Waals surface area contributed by atoms with Gasteiger partial charge in [0.1, 0.15) is 12.4 Å². The molecule has 1 unspecified atom stereocenters. The molecule has 0 radical (unpaired) electrons. The number of carboxylic acid groups (broad SMARTS) is 1. The highest BCUT2D eigenvalue weighted by Crippen LogP contribution is 2.41. The topological polar surface area (TPSA) is 65.0 Å². The summed E-state index contributed by atoms with van der Waals surface area (Å²) < 4.78 is 17.6. The van der Waals surface area contributed by atoms with Crippen molar-refractivity contribution in [3.05, 3.63) is 42.5 Å². The largest absolute Gasteiger partial charge is 0.490 e. The number of rotatable bonds is 7. The zero-order valence-electron chi connectivity index (χ0n) is 14.7. The molecule has 0 aliphatic carbocycles. The second-order valence-corrected chi connectivity index (χ2v) is 7.00. The maximum Gasteiger partial charge on any atom is 0.466 e. The minimum absolute atomic E-state index is 0.0658. The van der Waals surface area contributed by atoms with E-state index in [-0.39, 0.29) is 6.42 Å². The van der Waals surface area contributed by atoms with Gasteiger partial charge >= 0.3 is 13.1 Å². The lowest BCUT2D eigenvalue weighted by Gasteiger charge is -2.32.